The maximum Gasteiger partial charge on any atom is 0.291 e. The standard InChI is InChI=1S/C21H19N3O3/c1-14-6-3-4-7-18(14)20(25)24-23-15(2)16-9-11-17(12-10-16)22-21(26)19-8-5-13-27-19/h3-13H,1-2H3,(H,22,26)(H,24,25)/b23-15-. The zero-order chi connectivity index (χ0) is 19.2. The van der Waals surface area contributed by atoms with Crippen LogP contribution in [0.15, 0.2) is 76.4 Å². The number of hydrogen-bond donors (Lipinski definition) is 2. The molecule has 0 fully saturated rings. The fourth-order valence-corrected chi connectivity index (χ4v) is 2.48. The van der Waals surface area contributed by atoms with Gasteiger partial charge in [-0.05, 0) is 55.3 Å². The SMILES string of the molecule is C/C(=N/NC(=O)c1ccccc1C)c1ccc(NC(=O)c2ccco2)cc1. The Bertz CT molecular complexity index is 974. The molecule has 136 valence electrons. The van der Waals surface area contributed by atoms with Gasteiger partial charge in [-0.1, -0.05) is 30.3 Å². The second-order valence-electron chi connectivity index (χ2n) is 5.96. The number of nitrogens with zero attached hydrogens (tertiary/aromatic N) is 1. The number of benzene rings is 2. The predicted molar refractivity (Wildman–Crippen MR) is 104 cm³/mol. The summed E-state index contributed by atoms with van der Waals surface area (Å²) in [5.41, 5.74) is 6.17. The van der Waals surface area contributed by atoms with Gasteiger partial charge in [-0.3, -0.25) is 9.59 Å². The van der Waals surface area contributed by atoms with Gasteiger partial charge in [-0.2, -0.15) is 5.10 Å². The Morgan fingerprint density at radius 1 is 0.926 bits per heavy atom. The number of anilines is 1. The minimum absolute atomic E-state index is 0.246. The molecule has 2 aromatic carbocycles. The first-order chi connectivity index (χ1) is 13.0. The molecule has 0 aliphatic heterocycles. The highest BCUT2D eigenvalue weighted by Crippen LogP contribution is 2.13. The Balaban J connectivity index is 1.64. The summed E-state index contributed by atoms with van der Waals surface area (Å²) < 4.78 is 5.06. The van der Waals surface area contributed by atoms with Gasteiger partial charge in [0.2, 0.25) is 0 Å². The van der Waals surface area contributed by atoms with Crippen LogP contribution < -0.4 is 10.7 Å². The molecule has 3 aromatic rings. The van der Waals surface area contributed by atoms with Crippen molar-refractivity contribution >= 4 is 23.2 Å². The quantitative estimate of drug-likeness (QED) is 0.532. The largest absolute Gasteiger partial charge is 0.459 e. The highest BCUT2D eigenvalue weighted by atomic mass is 16.3. The lowest BCUT2D eigenvalue weighted by atomic mass is 10.1. The summed E-state index contributed by atoms with van der Waals surface area (Å²) in [6, 6.07) is 17.7. The number of furan rings is 1. The molecule has 1 aromatic heterocycles. The molecule has 0 aliphatic rings. The van der Waals surface area contributed by atoms with Crippen molar-refractivity contribution in [3.63, 3.8) is 0 Å². The third-order valence-corrected chi connectivity index (χ3v) is 4.02. The first-order valence-corrected chi connectivity index (χ1v) is 8.40. The normalized spacial score (nSPS) is 11.1. The number of nitrogens with one attached hydrogen (secondary N) is 2. The number of rotatable bonds is 5. The van der Waals surface area contributed by atoms with Crippen LogP contribution in [0.4, 0.5) is 5.69 Å². The van der Waals surface area contributed by atoms with Crippen molar-refractivity contribution < 1.29 is 14.0 Å². The smallest absolute Gasteiger partial charge is 0.291 e. The Labute approximate surface area is 156 Å². The van der Waals surface area contributed by atoms with Gasteiger partial charge < -0.3 is 9.73 Å². The van der Waals surface area contributed by atoms with E-state index in [4.69, 9.17) is 4.42 Å². The van der Waals surface area contributed by atoms with Gasteiger partial charge in [0.1, 0.15) is 0 Å². The van der Waals surface area contributed by atoms with Crippen molar-refractivity contribution in [2.45, 2.75) is 13.8 Å². The summed E-state index contributed by atoms with van der Waals surface area (Å²) in [7, 11) is 0. The van der Waals surface area contributed by atoms with Crippen molar-refractivity contribution in [2.75, 3.05) is 5.32 Å². The lowest BCUT2D eigenvalue weighted by Gasteiger charge is -2.07. The average Bonchev–Trinajstić information content (AvgIpc) is 3.22. The average molecular weight is 361 g/mol. The third-order valence-electron chi connectivity index (χ3n) is 4.02. The highest BCUT2D eigenvalue weighted by molar-refractivity contribution is 6.03. The number of carbonyl (C=O) groups is 2. The van der Waals surface area contributed by atoms with Crippen LogP contribution in [0.25, 0.3) is 0 Å². The fraction of sp³-hybridized carbons (Fsp3) is 0.0952. The van der Waals surface area contributed by atoms with E-state index in [0.717, 1.165) is 11.1 Å². The van der Waals surface area contributed by atoms with Crippen LogP contribution in [0.1, 0.15) is 39.0 Å². The van der Waals surface area contributed by atoms with E-state index in [1.807, 2.05) is 37.3 Å². The van der Waals surface area contributed by atoms with Gasteiger partial charge in [0.15, 0.2) is 5.76 Å². The lowest BCUT2D eigenvalue weighted by Crippen LogP contribution is -2.20. The molecule has 2 N–H and O–H groups in total. The maximum atomic E-state index is 12.2. The van der Waals surface area contributed by atoms with E-state index in [-0.39, 0.29) is 17.6 Å². The molecule has 2 amide bonds. The molecule has 0 saturated heterocycles. The Morgan fingerprint density at radius 2 is 1.67 bits per heavy atom. The van der Waals surface area contributed by atoms with Crippen LogP contribution in [0, 0.1) is 6.92 Å². The Morgan fingerprint density at radius 3 is 2.33 bits per heavy atom. The van der Waals surface area contributed by atoms with E-state index < -0.39 is 0 Å². The molecular weight excluding hydrogens is 342 g/mol. The van der Waals surface area contributed by atoms with Crippen LogP contribution in [0.5, 0.6) is 0 Å². The molecule has 0 bridgehead atoms. The molecule has 0 spiro atoms. The van der Waals surface area contributed by atoms with Crippen LogP contribution in [-0.2, 0) is 0 Å². The first kappa shape index (κ1) is 18.1. The van der Waals surface area contributed by atoms with Crippen molar-refractivity contribution in [3.8, 4) is 0 Å². The highest BCUT2D eigenvalue weighted by Gasteiger charge is 2.09. The van der Waals surface area contributed by atoms with Crippen molar-refractivity contribution in [2.24, 2.45) is 5.10 Å². The summed E-state index contributed by atoms with van der Waals surface area (Å²) in [6.07, 6.45) is 1.45. The van der Waals surface area contributed by atoms with E-state index >= 15 is 0 Å². The third kappa shape index (κ3) is 4.49. The van der Waals surface area contributed by atoms with Gasteiger partial charge in [-0.15, -0.1) is 0 Å². The second kappa shape index (κ2) is 8.14. The molecule has 0 aliphatic carbocycles. The van der Waals surface area contributed by atoms with E-state index in [2.05, 4.69) is 15.8 Å². The molecule has 6 heteroatoms. The van der Waals surface area contributed by atoms with Crippen LogP contribution in [0.2, 0.25) is 0 Å². The van der Waals surface area contributed by atoms with Crippen molar-refractivity contribution in [1.29, 1.82) is 0 Å². The van der Waals surface area contributed by atoms with E-state index in [9.17, 15) is 9.59 Å². The van der Waals surface area contributed by atoms with E-state index in [1.165, 1.54) is 6.26 Å². The molecule has 0 atom stereocenters. The van der Waals surface area contributed by atoms with E-state index in [1.54, 1.807) is 37.3 Å². The molecular formula is C21H19N3O3. The minimum Gasteiger partial charge on any atom is -0.459 e. The predicted octanol–water partition coefficient (Wildman–Crippen LogP) is 3.99. The van der Waals surface area contributed by atoms with Gasteiger partial charge in [0.05, 0.1) is 12.0 Å². The number of hydrogen-bond acceptors (Lipinski definition) is 4. The number of hydrazone groups is 1. The van der Waals surface area contributed by atoms with Crippen LogP contribution in [0.3, 0.4) is 0 Å². The van der Waals surface area contributed by atoms with Crippen molar-refractivity contribution in [3.05, 3.63) is 89.4 Å². The Hall–Kier alpha value is -3.67. The van der Waals surface area contributed by atoms with Gasteiger partial charge >= 0.3 is 0 Å². The molecule has 27 heavy (non-hydrogen) atoms. The van der Waals surface area contributed by atoms with Crippen LogP contribution >= 0.6 is 0 Å². The summed E-state index contributed by atoms with van der Waals surface area (Å²) in [6.45, 7) is 3.68. The second-order valence-corrected chi connectivity index (χ2v) is 5.96. The molecule has 0 unspecified atom stereocenters. The molecule has 0 saturated carbocycles. The van der Waals surface area contributed by atoms with Crippen LogP contribution in [-0.4, -0.2) is 17.5 Å². The summed E-state index contributed by atoms with van der Waals surface area (Å²) in [5, 5.41) is 6.90. The maximum absolute atomic E-state index is 12.2. The number of carbonyl (C=O) groups excluding carboxylic acids is 2. The minimum atomic E-state index is -0.316. The van der Waals surface area contributed by atoms with Gasteiger partial charge in [0, 0.05) is 11.3 Å². The summed E-state index contributed by atoms with van der Waals surface area (Å²) in [4.78, 5) is 24.2. The van der Waals surface area contributed by atoms with E-state index in [0.29, 0.717) is 17.0 Å². The lowest BCUT2D eigenvalue weighted by molar-refractivity contribution is 0.0953. The monoisotopic (exact) mass is 361 g/mol. The summed E-state index contributed by atoms with van der Waals surface area (Å²) >= 11 is 0. The molecule has 6 nitrogen and oxygen atoms in total. The molecule has 3 rings (SSSR count). The first-order valence-electron chi connectivity index (χ1n) is 8.40. The van der Waals surface area contributed by atoms with Gasteiger partial charge in [-0.25, -0.2) is 5.43 Å². The molecule has 0 radical (unpaired) electrons. The van der Waals surface area contributed by atoms with Gasteiger partial charge in [0.25, 0.3) is 11.8 Å². The zero-order valence-corrected chi connectivity index (χ0v) is 15.0. The summed E-state index contributed by atoms with van der Waals surface area (Å²) in [5.74, 6) is -0.325. The number of amides is 2. The number of aryl methyl sites for hydroxylation is 1. The molecule has 1 heterocycles. The topological polar surface area (TPSA) is 83.7 Å². The zero-order valence-electron chi connectivity index (χ0n) is 15.0. The van der Waals surface area contributed by atoms with Crippen molar-refractivity contribution in [1.82, 2.24) is 5.43 Å². The fourth-order valence-electron chi connectivity index (χ4n) is 2.48. The Kier molecular flexibility index (Phi) is 5.47.